The molecule has 0 aliphatic rings. The second-order valence-electron chi connectivity index (χ2n) is 4.41. The molecule has 0 aliphatic heterocycles. The smallest absolute Gasteiger partial charge is 0.244 e. The van der Waals surface area contributed by atoms with Gasteiger partial charge in [0.2, 0.25) is 5.91 Å². The predicted octanol–water partition coefficient (Wildman–Crippen LogP) is 2.09. The Morgan fingerprint density at radius 2 is 2.05 bits per heavy atom. The van der Waals surface area contributed by atoms with Crippen molar-refractivity contribution in [2.45, 2.75) is 6.42 Å². The summed E-state index contributed by atoms with van der Waals surface area (Å²) in [6, 6.07) is 13.8. The van der Waals surface area contributed by atoms with Crippen LogP contribution < -0.4 is 10.2 Å². The molecule has 2 aromatic carbocycles. The highest BCUT2D eigenvalue weighted by atomic mass is 16.5. The molecule has 0 heterocycles. The lowest BCUT2D eigenvalue weighted by atomic mass is 10.1. The summed E-state index contributed by atoms with van der Waals surface area (Å²) in [4.78, 5) is 11.7. The molecular formula is C16H16N2O3. The molecule has 0 radical (unpaired) electrons. The highest BCUT2D eigenvalue weighted by Gasteiger charge is 2.01. The fourth-order valence-electron chi connectivity index (χ4n) is 1.74. The Bertz CT molecular complexity index is 636. The average molecular weight is 284 g/mol. The molecule has 0 aliphatic carbocycles. The number of hydrazone groups is 1. The number of aromatic hydroxyl groups is 1. The summed E-state index contributed by atoms with van der Waals surface area (Å²) in [5.74, 6) is 0.685. The molecule has 0 bridgehead atoms. The number of carbonyl (C=O) groups excluding carboxylic acids is 1. The lowest BCUT2D eigenvalue weighted by molar-refractivity contribution is -0.120. The minimum atomic E-state index is -0.222. The molecule has 0 saturated carbocycles. The molecule has 0 unspecified atom stereocenters. The van der Waals surface area contributed by atoms with E-state index < -0.39 is 0 Å². The largest absolute Gasteiger partial charge is 0.508 e. The molecule has 0 spiro atoms. The molecular weight excluding hydrogens is 268 g/mol. The van der Waals surface area contributed by atoms with Crippen molar-refractivity contribution in [3.05, 3.63) is 59.7 Å². The maximum atomic E-state index is 11.7. The van der Waals surface area contributed by atoms with Gasteiger partial charge < -0.3 is 9.84 Å². The van der Waals surface area contributed by atoms with Crippen molar-refractivity contribution in [1.82, 2.24) is 5.43 Å². The number of phenols is 1. The van der Waals surface area contributed by atoms with Crippen LogP contribution in [0.15, 0.2) is 53.6 Å². The summed E-state index contributed by atoms with van der Waals surface area (Å²) in [6.45, 7) is 0. The Morgan fingerprint density at radius 1 is 1.29 bits per heavy atom. The third-order valence-electron chi connectivity index (χ3n) is 2.80. The summed E-state index contributed by atoms with van der Waals surface area (Å²) < 4.78 is 5.10. The summed E-state index contributed by atoms with van der Waals surface area (Å²) in [6.07, 6.45) is 1.76. The predicted molar refractivity (Wildman–Crippen MR) is 80.5 cm³/mol. The molecule has 0 fully saturated rings. The first-order chi connectivity index (χ1) is 10.2. The maximum absolute atomic E-state index is 11.7. The molecule has 2 rings (SSSR count). The Morgan fingerprint density at radius 3 is 2.76 bits per heavy atom. The van der Waals surface area contributed by atoms with Gasteiger partial charge in [-0.15, -0.1) is 0 Å². The molecule has 21 heavy (non-hydrogen) atoms. The van der Waals surface area contributed by atoms with Crippen molar-refractivity contribution in [2.24, 2.45) is 5.10 Å². The van der Waals surface area contributed by atoms with Gasteiger partial charge in [0.25, 0.3) is 0 Å². The minimum Gasteiger partial charge on any atom is -0.508 e. The number of nitrogens with zero attached hydrogens (tertiary/aromatic N) is 1. The highest BCUT2D eigenvalue weighted by molar-refractivity contribution is 5.83. The molecule has 5 nitrogen and oxygen atoms in total. The number of carbonyl (C=O) groups is 1. The van der Waals surface area contributed by atoms with Crippen LogP contribution in [0.3, 0.4) is 0 Å². The fraction of sp³-hybridized carbons (Fsp3) is 0.125. The van der Waals surface area contributed by atoms with Crippen molar-refractivity contribution >= 4 is 12.1 Å². The standard InChI is InChI=1S/C16H16N2O3/c1-21-15-4-2-3-13(9-15)11-17-18-16(20)10-12-5-7-14(19)8-6-12/h2-9,11,19H,10H2,1H3,(H,18,20)/b17-11-. The third kappa shape index (κ3) is 4.65. The van der Waals surface area contributed by atoms with E-state index in [-0.39, 0.29) is 18.1 Å². The van der Waals surface area contributed by atoms with Gasteiger partial charge in [0.05, 0.1) is 19.7 Å². The topological polar surface area (TPSA) is 70.9 Å². The van der Waals surface area contributed by atoms with Crippen LogP contribution in [0.2, 0.25) is 0 Å². The van der Waals surface area contributed by atoms with E-state index in [4.69, 9.17) is 9.84 Å². The lowest BCUT2D eigenvalue weighted by Gasteiger charge is -2.01. The van der Waals surface area contributed by atoms with Crippen LogP contribution in [0.4, 0.5) is 0 Å². The zero-order valence-corrected chi connectivity index (χ0v) is 11.6. The van der Waals surface area contributed by atoms with E-state index >= 15 is 0 Å². The number of amides is 1. The number of phenolic OH excluding ortho intramolecular Hbond substituents is 1. The van der Waals surface area contributed by atoms with Crippen LogP contribution >= 0.6 is 0 Å². The average Bonchev–Trinajstić information content (AvgIpc) is 2.50. The zero-order chi connectivity index (χ0) is 15.1. The van der Waals surface area contributed by atoms with Crippen LogP contribution in [-0.2, 0) is 11.2 Å². The van der Waals surface area contributed by atoms with Gasteiger partial charge >= 0.3 is 0 Å². The third-order valence-corrected chi connectivity index (χ3v) is 2.80. The van der Waals surface area contributed by atoms with Gasteiger partial charge in [-0.05, 0) is 35.4 Å². The summed E-state index contributed by atoms with van der Waals surface area (Å²) in [5, 5.41) is 13.1. The molecule has 5 heteroatoms. The van der Waals surface area contributed by atoms with Crippen molar-refractivity contribution in [3.8, 4) is 11.5 Å². The van der Waals surface area contributed by atoms with Gasteiger partial charge in [0, 0.05) is 0 Å². The molecule has 0 atom stereocenters. The van der Waals surface area contributed by atoms with Crippen LogP contribution in [0.25, 0.3) is 0 Å². The van der Waals surface area contributed by atoms with E-state index in [0.29, 0.717) is 0 Å². The van der Waals surface area contributed by atoms with Crippen LogP contribution in [0.5, 0.6) is 11.5 Å². The van der Waals surface area contributed by atoms with Gasteiger partial charge in [0.15, 0.2) is 0 Å². The van der Waals surface area contributed by atoms with Gasteiger partial charge in [-0.1, -0.05) is 24.3 Å². The Labute approximate surface area is 122 Å². The number of ether oxygens (including phenoxy) is 1. The monoisotopic (exact) mass is 284 g/mol. The quantitative estimate of drug-likeness (QED) is 0.652. The molecule has 2 N–H and O–H groups in total. The van der Waals surface area contributed by atoms with Gasteiger partial charge in [-0.25, -0.2) is 5.43 Å². The van der Waals surface area contributed by atoms with E-state index in [1.54, 1.807) is 37.6 Å². The second kappa shape index (κ2) is 7.09. The van der Waals surface area contributed by atoms with Crippen LogP contribution in [0, 0.1) is 0 Å². The fourth-order valence-corrected chi connectivity index (χ4v) is 1.74. The normalized spacial score (nSPS) is 10.5. The lowest BCUT2D eigenvalue weighted by Crippen LogP contribution is -2.19. The van der Waals surface area contributed by atoms with Gasteiger partial charge in [0.1, 0.15) is 11.5 Å². The summed E-state index contributed by atoms with van der Waals surface area (Å²) in [5.41, 5.74) is 4.10. The summed E-state index contributed by atoms with van der Waals surface area (Å²) in [7, 11) is 1.59. The number of rotatable bonds is 5. The zero-order valence-electron chi connectivity index (χ0n) is 11.6. The maximum Gasteiger partial charge on any atom is 0.244 e. The minimum absolute atomic E-state index is 0.176. The molecule has 0 saturated heterocycles. The summed E-state index contributed by atoms with van der Waals surface area (Å²) >= 11 is 0. The van der Waals surface area contributed by atoms with E-state index in [1.807, 2.05) is 24.3 Å². The number of hydrogen-bond acceptors (Lipinski definition) is 4. The molecule has 108 valence electrons. The van der Waals surface area contributed by atoms with E-state index in [0.717, 1.165) is 16.9 Å². The van der Waals surface area contributed by atoms with E-state index in [1.165, 1.54) is 0 Å². The number of nitrogens with one attached hydrogen (secondary N) is 1. The van der Waals surface area contributed by atoms with Gasteiger partial charge in [-0.3, -0.25) is 4.79 Å². The Hall–Kier alpha value is -2.82. The first-order valence-electron chi connectivity index (χ1n) is 6.41. The number of methoxy groups -OCH3 is 1. The van der Waals surface area contributed by atoms with E-state index in [2.05, 4.69) is 10.5 Å². The molecule has 1 amide bonds. The van der Waals surface area contributed by atoms with Crippen LogP contribution in [0.1, 0.15) is 11.1 Å². The highest BCUT2D eigenvalue weighted by Crippen LogP contribution is 2.11. The van der Waals surface area contributed by atoms with Crippen LogP contribution in [-0.4, -0.2) is 24.3 Å². The Kier molecular flexibility index (Phi) is 4.93. The van der Waals surface area contributed by atoms with Gasteiger partial charge in [-0.2, -0.15) is 5.10 Å². The van der Waals surface area contributed by atoms with E-state index in [9.17, 15) is 4.79 Å². The number of benzene rings is 2. The first-order valence-corrected chi connectivity index (χ1v) is 6.41. The van der Waals surface area contributed by atoms with Crippen molar-refractivity contribution in [1.29, 1.82) is 0 Å². The number of hydrogen-bond donors (Lipinski definition) is 2. The van der Waals surface area contributed by atoms with Crippen molar-refractivity contribution < 1.29 is 14.6 Å². The SMILES string of the molecule is COc1cccc(/C=N\NC(=O)Cc2ccc(O)cc2)c1. The molecule has 0 aromatic heterocycles. The first kappa shape index (κ1) is 14.6. The van der Waals surface area contributed by atoms with Crippen molar-refractivity contribution in [3.63, 3.8) is 0 Å². The van der Waals surface area contributed by atoms with Crippen molar-refractivity contribution in [2.75, 3.05) is 7.11 Å². The Balaban J connectivity index is 1.88. The second-order valence-corrected chi connectivity index (χ2v) is 4.41. The molecule has 2 aromatic rings.